The largest absolute Gasteiger partial charge is 0.486 e. The third-order valence-electron chi connectivity index (χ3n) is 4.26. The fraction of sp³-hybridized carbons (Fsp3) is 0.227. The molecule has 1 aromatic heterocycles. The van der Waals surface area contributed by atoms with Crippen molar-refractivity contribution in [3.8, 4) is 5.75 Å². The Kier molecular flexibility index (Phi) is 5.42. The van der Waals surface area contributed by atoms with Crippen molar-refractivity contribution in [2.75, 3.05) is 0 Å². The average molecular weight is 349 g/mol. The van der Waals surface area contributed by atoms with Crippen LogP contribution in [0.1, 0.15) is 46.0 Å². The van der Waals surface area contributed by atoms with Crippen molar-refractivity contribution in [3.63, 3.8) is 0 Å². The number of furan rings is 1. The minimum atomic E-state index is -0.232. The Morgan fingerprint density at radius 2 is 1.85 bits per heavy atom. The predicted molar refractivity (Wildman–Crippen MR) is 101 cm³/mol. The molecule has 0 spiro atoms. The fourth-order valence-corrected chi connectivity index (χ4v) is 2.82. The Hall–Kier alpha value is -3.01. The third kappa shape index (κ3) is 4.33. The van der Waals surface area contributed by atoms with Crippen molar-refractivity contribution < 1.29 is 13.9 Å². The maximum Gasteiger partial charge on any atom is 0.287 e. The van der Waals surface area contributed by atoms with Crippen LogP contribution in [0, 0.1) is 13.8 Å². The molecule has 0 bridgehead atoms. The highest BCUT2D eigenvalue weighted by atomic mass is 16.5. The van der Waals surface area contributed by atoms with E-state index in [1.54, 1.807) is 12.1 Å². The van der Waals surface area contributed by atoms with Gasteiger partial charge in [-0.25, -0.2) is 0 Å². The maximum absolute atomic E-state index is 12.5. The van der Waals surface area contributed by atoms with Crippen LogP contribution in [0.15, 0.2) is 65.1 Å². The summed E-state index contributed by atoms with van der Waals surface area (Å²) >= 11 is 0. The lowest BCUT2D eigenvalue weighted by Gasteiger charge is -2.16. The molecule has 2 aromatic carbocycles. The molecule has 1 atom stereocenters. The summed E-state index contributed by atoms with van der Waals surface area (Å²) in [4.78, 5) is 12.5. The summed E-state index contributed by atoms with van der Waals surface area (Å²) in [5, 5.41) is 2.99. The van der Waals surface area contributed by atoms with Crippen LogP contribution in [-0.2, 0) is 6.61 Å². The molecule has 0 saturated carbocycles. The number of aryl methyl sites for hydroxylation is 2. The molecule has 0 aliphatic carbocycles. The summed E-state index contributed by atoms with van der Waals surface area (Å²) in [6, 6.07) is 19.1. The van der Waals surface area contributed by atoms with Gasteiger partial charge in [0.1, 0.15) is 18.1 Å². The van der Waals surface area contributed by atoms with E-state index in [2.05, 4.69) is 23.5 Å². The normalized spacial score (nSPS) is 11.8. The Morgan fingerprint density at radius 3 is 2.62 bits per heavy atom. The summed E-state index contributed by atoms with van der Waals surface area (Å²) in [6.07, 6.45) is 0. The lowest BCUT2D eigenvalue weighted by atomic mass is 10.00. The van der Waals surface area contributed by atoms with E-state index < -0.39 is 0 Å². The molecule has 1 N–H and O–H groups in total. The van der Waals surface area contributed by atoms with E-state index in [-0.39, 0.29) is 24.3 Å². The number of ether oxygens (including phenoxy) is 1. The molecule has 0 aliphatic heterocycles. The second kappa shape index (κ2) is 7.91. The number of nitrogens with one attached hydrogen (secondary N) is 1. The minimum Gasteiger partial charge on any atom is -0.486 e. The second-order valence-electron chi connectivity index (χ2n) is 6.42. The lowest BCUT2D eigenvalue weighted by molar-refractivity contribution is 0.0907. The van der Waals surface area contributed by atoms with Crippen molar-refractivity contribution in [2.45, 2.75) is 33.4 Å². The molecule has 1 amide bonds. The molecule has 0 fully saturated rings. The van der Waals surface area contributed by atoms with Gasteiger partial charge in [-0.2, -0.15) is 0 Å². The molecular formula is C22H23NO3. The van der Waals surface area contributed by atoms with Gasteiger partial charge in [0.15, 0.2) is 5.76 Å². The van der Waals surface area contributed by atoms with Gasteiger partial charge in [-0.3, -0.25) is 4.79 Å². The zero-order chi connectivity index (χ0) is 18.5. The highest BCUT2D eigenvalue weighted by Gasteiger charge is 2.16. The van der Waals surface area contributed by atoms with Gasteiger partial charge in [-0.1, -0.05) is 42.0 Å². The van der Waals surface area contributed by atoms with Gasteiger partial charge in [0.2, 0.25) is 0 Å². The predicted octanol–water partition coefficient (Wildman–Crippen LogP) is 4.97. The summed E-state index contributed by atoms with van der Waals surface area (Å²) in [6.45, 7) is 6.35. The molecular weight excluding hydrogens is 326 g/mol. The van der Waals surface area contributed by atoms with Crippen LogP contribution < -0.4 is 10.1 Å². The first-order valence-corrected chi connectivity index (χ1v) is 8.67. The quantitative estimate of drug-likeness (QED) is 0.684. The van der Waals surface area contributed by atoms with Crippen molar-refractivity contribution in [1.82, 2.24) is 5.32 Å². The van der Waals surface area contributed by atoms with Crippen LogP contribution in [0.25, 0.3) is 0 Å². The van der Waals surface area contributed by atoms with E-state index in [9.17, 15) is 4.79 Å². The summed E-state index contributed by atoms with van der Waals surface area (Å²) < 4.78 is 11.3. The zero-order valence-corrected chi connectivity index (χ0v) is 15.3. The first-order valence-electron chi connectivity index (χ1n) is 8.67. The van der Waals surface area contributed by atoms with Crippen LogP contribution in [0.3, 0.4) is 0 Å². The van der Waals surface area contributed by atoms with Gasteiger partial charge in [0, 0.05) is 0 Å². The van der Waals surface area contributed by atoms with E-state index in [0.717, 1.165) is 16.9 Å². The van der Waals surface area contributed by atoms with E-state index in [1.165, 1.54) is 5.56 Å². The molecule has 1 unspecified atom stereocenters. The summed E-state index contributed by atoms with van der Waals surface area (Å²) in [7, 11) is 0. The second-order valence-corrected chi connectivity index (χ2v) is 6.42. The number of carbonyl (C=O) groups is 1. The van der Waals surface area contributed by atoms with Gasteiger partial charge < -0.3 is 14.5 Å². The number of benzene rings is 2. The van der Waals surface area contributed by atoms with Crippen molar-refractivity contribution in [3.05, 3.63) is 88.9 Å². The van der Waals surface area contributed by atoms with Crippen molar-refractivity contribution in [1.29, 1.82) is 0 Å². The molecule has 0 radical (unpaired) electrons. The van der Waals surface area contributed by atoms with Crippen LogP contribution in [-0.4, -0.2) is 5.91 Å². The number of hydrogen-bond donors (Lipinski definition) is 1. The van der Waals surface area contributed by atoms with Crippen LogP contribution in [0.5, 0.6) is 5.75 Å². The number of rotatable bonds is 6. The molecule has 134 valence electrons. The third-order valence-corrected chi connectivity index (χ3v) is 4.26. The van der Waals surface area contributed by atoms with Crippen molar-refractivity contribution in [2.24, 2.45) is 0 Å². The molecule has 3 rings (SSSR count). The van der Waals surface area contributed by atoms with Crippen LogP contribution in [0.2, 0.25) is 0 Å². The standard InChI is InChI=1S/C22H23NO3/c1-15-9-10-16(2)20(13-15)17(3)23-22(24)21-12-11-19(26-21)14-25-18-7-5-4-6-8-18/h4-13,17H,14H2,1-3H3,(H,23,24). The summed E-state index contributed by atoms with van der Waals surface area (Å²) in [5.41, 5.74) is 3.43. The smallest absolute Gasteiger partial charge is 0.287 e. The van der Waals surface area contributed by atoms with Crippen molar-refractivity contribution >= 4 is 5.91 Å². The van der Waals surface area contributed by atoms with Gasteiger partial charge in [0.25, 0.3) is 5.91 Å². The SMILES string of the molecule is Cc1ccc(C)c(C(C)NC(=O)c2ccc(COc3ccccc3)o2)c1. The number of para-hydroxylation sites is 1. The number of carbonyl (C=O) groups excluding carboxylic acids is 1. The Labute approximate surface area is 153 Å². The molecule has 0 aliphatic rings. The van der Waals surface area contributed by atoms with E-state index in [1.807, 2.05) is 51.1 Å². The Bertz CT molecular complexity index is 883. The zero-order valence-electron chi connectivity index (χ0n) is 15.3. The first kappa shape index (κ1) is 17.8. The lowest BCUT2D eigenvalue weighted by Crippen LogP contribution is -2.26. The van der Waals surface area contributed by atoms with Gasteiger partial charge in [-0.15, -0.1) is 0 Å². The Morgan fingerprint density at radius 1 is 1.08 bits per heavy atom. The number of amides is 1. The van der Waals surface area contributed by atoms with E-state index in [4.69, 9.17) is 9.15 Å². The van der Waals surface area contributed by atoms with Crippen LogP contribution in [0.4, 0.5) is 0 Å². The first-order chi connectivity index (χ1) is 12.5. The summed E-state index contributed by atoms with van der Waals surface area (Å²) in [5.74, 6) is 1.43. The fourth-order valence-electron chi connectivity index (χ4n) is 2.82. The topological polar surface area (TPSA) is 51.5 Å². The molecule has 1 heterocycles. The van der Waals surface area contributed by atoms with Gasteiger partial charge in [-0.05, 0) is 56.2 Å². The average Bonchev–Trinajstić information content (AvgIpc) is 3.12. The van der Waals surface area contributed by atoms with Gasteiger partial charge in [0.05, 0.1) is 6.04 Å². The minimum absolute atomic E-state index is 0.100. The molecule has 4 heteroatoms. The Balaban J connectivity index is 1.61. The maximum atomic E-state index is 12.5. The van der Waals surface area contributed by atoms with Crippen LogP contribution >= 0.6 is 0 Å². The highest BCUT2D eigenvalue weighted by Crippen LogP contribution is 2.20. The monoisotopic (exact) mass is 349 g/mol. The van der Waals surface area contributed by atoms with E-state index in [0.29, 0.717) is 5.76 Å². The van der Waals surface area contributed by atoms with E-state index >= 15 is 0 Å². The highest BCUT2D eigenvalue weighted by molar-refractivity contribution is 5.91. The molecule has 4 nitrogen and oxygen atoms in total. The van der Waals surface area contributed by atoms with Gasteiger partial charge >= 0.3 is 0 Å². The molecule has 26 heavy (non-hydrogen) atoms. The number of hydrogen-bond acceptors (Lipinski definition) is 3. The molecule has 3 aromatic rings. The molecule has 0 saturated heterocycles.